The summed E-state index contributed by atoms with van der Waals surface area (Å²) in [6.07, 6.45) is 3.24. The number of carbonyl (C=O) groups excluding carboxylic acids is 4. The zero-order valence-electron chi connectivity index (χ0n) is 27.1. The summed E-state index contributed by atoms with van der Waals surface area (Å²) in [5.41, 5.74) is 11.7. The van der Waals surface area contributed by atoms with E-state index in [9.17, 15) is 19.2 Å². The molecule has 4 aromatic carbocycles. The van der Waals surface area contributed by atoms with Gasteiger partial charge in [0.25, 0.3) is 11.8 Å². The molecule has 3 heterocycles. The van der Waals surface area contributed by atoms with Gasteiger partial charge in [-0.15, -0.1) is 11.8 Å². The Morgan fingerprint density at radius 2 is 1.76 bits per heavy atom. The van der Waals surface area contributed by atoms with Gasteiger partial charge in [-0.2, -0.15) is 0 Å². The van der Waals surface area contributed by atoms with Crippen LogP contribution < -0.4 is 10.6 Å². The third-order valence-corrected chi connectivity index (χ3v) is 12.1. The molecule has 4 amide bonds. The quantitative estimate of drug-likeness (QED) is 0.139. The van der Waals surface area contributed by atoms with Crippen molar-refractivity contribution in [2.45, 2.75) is 41.1 Å². The second kappa shape index (κ2) is 14.1. The molecule has 0 aliphatic carbocycles. The number of carbonyl (C=O) groups is 4. The van der Waals surface area contributed by atoms with Crippen molar-refractivity contribution in [1.29, 1.82) is 0 Å². The predicted octanol–water partition coefficient (Wildman–Crippen LogP) is 7.55. The maximum Gasteiger partial charge on any atom is 0.255 e. The third kappa shape index (κ3) is 6.21. The van der Waals surface area contributed by atoms with Crippen LogP contribution in [0.5, 0.6) is 0 Å². The van der Waals surface area contributed by atoms with Gasteiger partial charge in [0.2, 0.25) is 11.8 Å². The number of benzene rings is 4. The topological polar surface area (TPSA) is 104 Å². The van der Waals surface area contributed by atoms with Crippen LogP contribution in [0, 0.1) is 0 Å². The van der Waals surface area contributed by atoms with E-state index in [4.69, 9.17) is 28.9 Å². The van der Waals surface area contributed by atoms with Gasteiger partial charge in [-0.25, -0.2) is 0 Å². The molecule has 0 fully saturated rings. The summed E-state index contributed by atoms with van der Waals surface area (Å²) in [5.74, 6) is -1.68. The van der Waals surface area contributed by atoms with E-state index in [-0.39, 0.29) is 42.2 Å². The van der Waals surface area contributed by atoms with Crippen LogP contribution in [0.15, 0.2) is 83.8 Å². The number of nitrogens with two attached hydrogens (primary N) is 1. The molecule has 3 aliphatic rings. The summed E-state index contributed by atoms with van der Waals surface area (Å²) in [5, 5.41) is 0.984. The highest BCUT2D eigenvalue weighted by Gasteiger charge is 2.51. The van der Waals surface area contributed by atoms with Gasteiger partial charge in [0.05, 0.1) is 24.2 Å². The lowest BCUT2D eigenvalue weighted by Gasteiger charge is -2.50. The largest absolute Gasteiger partial charge is 0.368 e. The molecule has 8 nitrogen and oxygen atoms in total. The van der Waals surface area contributed by atoms with E-state index < -0.39 is 17.9 Å². The van der Waals surface area contributed by atoms with Crippen LogP contribution in [-0.4, -0.2) is 59.3 Å². The average Bonchev–Trinajstić information content (AvgIpc) is 3.11. The molecule has 50 heavy (non-hydrogen) atoms. The molecule has 0 bridgehead atoms. The molecule has 0 radical (unpaired) electrons. The summed E-state index contributed by atoms with van der Waals surface area (Å²) in [7, 11) is 0. The Hall–Kier alpha value is -3.83. The summed E-state index contributed by atoms with van der Waals surface area (Å²) in [6.45, 7) is 0.792. The number of nitrogens with zero attached hydrogens (tertiary/aromatic N) is 3. The molecule has 4 aromatic rings. The monoisotopic (exact) mass is 790 g/mol. The Labute approximate surface area is 313 Å². The highest BCUT2D eigenvalue weighted by atomic mass is 79.9. The Morgan fingerprint density at radius 1 is 1.00 bits per heavy atom. The Morgan fingerprint density at radius 3 is 2.48 bits per heavy atom. The summed E-state index contributed by atoms with van der Waals surface area (Å²) in [6, 6.07) is 23.2. The van der Waals surface area contributed by atoms with E-state index in [1.165, 1.54) is 4.90 Å². The number of hydrogen-bond acceptors (Lipinski definition) is 5. The predicted molar refractivity (Wildman–Crippen MR) is 200 cm³/mol. The number of primary amides is 1. The van der Waals surface area contributed by atoms with Crippen LogP contribution in [0.1, 0.15) is 71.7 Å². The van der Waals surface area contributed by atoms with Gasteiger partial charge in [0.15, 0.2) is 0 Å². The maximum absolute atomic E-state index is 14.4. The van der Waals surface area contributed by atoms with E-state index in [0.29, 0.717) is 34.1 Å². The van der Waals surface area contributed by atoms with Crippen molar-refractivity contribution in [3.63, 3.8) is 0 Å². The molecular formula is C38H33BrCl2N4O4S. The molecule has 2 N–H and O–H groups in total. The average molecular weight is 793 g/mol. The number of amides is 4. The fourth-order valence-corrected chi connectivity index (χ4v) is 9.43. The Kier molecular flexibility index (Phi) is 9.73. The number of hydrogen-bond donors (Lipinski definition) is 1. The summed E-state index contributed by atoms with van der Waals surface area (Å²) in [4.78, 5) is 60.6. The standard InChI is InChI=1S/C38H33BrCl2N4O4S/c1-50-30-13-12-27-34-32(38(49)44-17-15-28(39)33(30)35(27)44)25-4-2-3-5-26(25)37(48)45(34)19-21-6-8-23(9-7-21)36(47)43(20-31(42)46)16-14-22-10-11-24(40)18-29(22)41/h2-13,18,28,32,34H,14-17,19-20H2,1H3,(H2,42,46). The first kappa shape index (κ1) is 34.6. The normalized spacial score (nSPS) is 19.1. The van der Waals surface area contributed by atoms with Gasteiger partial charge in [0.1, 0.15) is 0 Å². The molecule has 3 aliphatic heterocycles. The van der Waals surface area contributed by atoms with E-state index in [1.54, 1.807) is 53.1 Å². The van der Waals surface area contributed by atoms with E-state index >= 15 is 0 Å². The molecule has 0 aromatic heterocycles. The van der Waals surface area contributed by atoms with Crippen LogP contribution in [-0.2, 0) is 22.6 Å². The van der Waals surface area contributed by atoms with Crippen molar-refractivity contribution < 1.29 is 19.2 Å². The SMILES string of the molecule is CSc1ccc2c3c1C(Br)CCN3C(=O)C1c3ccccc3C(=O)N(Cc3ccc(C(=O)N(CCc4ccc(Cl)cc4Cl)CC(N)=O)cc3)C21. The van der Waals surface area contributed by atoms with Gasteiger partial charge in [-0.3, -0.25) is 19.2 Å². The van der Waals surface area contributed by atoms with Gasteiger partial charge in [0, 0.05) is 56.1 Å². The van der Waals surface area contributed by atoms with Crippen molar-refractivity contribution in [3.8, 4) is 0 Å². The zero-order valence-corrected chi connectivity index (χ0v) is 31.0. The first-order valence-electron chi connectivity index (χ1n) is 16.2. The number of anilines is 1. The van der Waals surface area contributed by atoms with Crippen LogP contribution in [0.2, 0.25) is 10.0 Å². The van der Waals surface area contributed by atoms with E-state index in [1.807, 2.05) is 41.5 Å². The maximum atomic E-state index is 14.4. The minimum Gasteiger partial charge on any atom is -0.368 e. The minimum absolute atomic E-state index is 0.00160. The summed E-state index contributed by atoms with van der Waals surface area (Å²) < 4.78 is 0. The van der Waals surface area contributed by atoms with Crippen molar-refractivity contribution in [1.82, 2.24) is 9.80 Å². The molecule has 0 spiro atoms. The van der Waals surface area contributed by atoms with Crippen LogP contribution in [0.25, 0.3) is 0 Å². The lowest BCUT2D eigenvalue weighted by Crippen LogP contribution is -2.53. The van der Waals surface area contributed by atoms with Gasteiger partial charge in [-0.1, -0.05) is 81.6 Å². The van der Waals surface area contributed by atoms with Gasteiger partial charge in [-0.05, 0) is 77.7 Å². The highest BCUT2D eigenvalue weighted by molar-refractivity contribution is 9.09. The molecule has 256 valence electrons. The van der Waals surface area contributed by atoms with Crippen LogP contribution in [0.4, 0.5) is 5.69 Å². The molecule has 7 rings (SSSR count). The van der Waals surface area contributed by atoms with Gasteiger partial charge < -0.3 is 20.4 Å². The number of alkyl halides is 1. The van der Waals surface area contributed by atoms with Crippen LogP contribution in [0.3, 0.4) is 0 Å². The highest BCUT2D eigenvalue weighted by Crippen LogP contribution is 2.56. The molecule has 12 heteroatoms. The molecule has 3 unspecified atom stereocenters. The third-order valence-electron chi connectivity index (χ3n) is 9.76. The fourth-order valence-electron chi connectivity index (χ4n) is 7.45. The minimum atomic E-state index is -0.629. The Balaban J connectivity index is 1.20. The Bertz CT molecular complexity index is 2040. The van der Waals surface area contributed by atoms with Crippen molar-refractivity contribution in [2.75, 3.05) is 30.8 Å². The fraction of sp³-hybridized carbons (Fsp3) is 0.263. The first-order valence-corrected chi connectivity index (χ1v) is 19.1. The summed E-state index contributed by atoms with van der Waals surface area (Å²) >= 11 is 17.9. The van der Waals surface area contributed by atoms with Crippen molar-refractivity contribution >= 4 is 80.2 Å². The smallest absolute Gasteiger partial charge is 0.255 e. The number of halogens is 3. The zero-order chi connectivity index (χ0) is 35.3. The van der Waals surface area contributed by atoms with Crippen molar-refractivity contribution in [2.24, 2.45) is 5.73 Å². The van der Waals surface area contributed by atoms with Crippen molar-refractivity contribution in [3.05, 3.63) is 128 Å². The molecule has 0 saturated carbocycles. The number of rotatable bonds is 9. The van der Waals surface area contributed by atoms with E-state index in [0.717, 1.165) is 44.8 Å². The molecule has 0 saturated heterocycles. The number of fused-ring (bicyclic) bond motifs is 4. The second-order valence-electron chi connectivity index (χ2n) is 12.7. The van der Waals surface area contributed by atoms with Crippen LogP contribution >= 0.6 is 50.9 Å². The molecule has 3 atom stereocenters. The number of thioether (sulfide) groups is 1. The lowest BCUT2D eigenvalue weighted by atomic mass is 9.74. The van der Waals surface area contributed by atoms with E-state index in [2.05, 4.69) is 28.1 Å². The second-order valence-corrected chi connectivity index (χ2v) is 15.5. The first-order chi connectivity index (χ1) is 24.1. The van der Waals surface area contributed by atoms with Gasteiger partial charge >= 0.3 is 0 Å². The lowest BCUT2D eigenvalue weighted by molar-refractivity contribution is -0.122. The molecular weight excluding hydrogens is 759 g/mol.